The molecule has 3 aromatic heterocycles. The summed E-state index contributed by atoms with van der Waals surface area (Å²) in [6.45, 7) is 10.0. The van der Waals surface area contributed by atoms with Crippen LogP contribution >= 0.6 is 11.6 Å². The Labute approximate surface area is 202 Å². The number of halogens is 1. The van der Waals surface area contributed by atoms with E-state index in [4.69, 9.17) is 26.1 Å². The number of hydrogen-bond acceptors (Lipinski definition) is 4. The van der Waals surface area contributed by atoms with Gasteiger partial charge in [0, 0.05) is 22.0 Å². The minimum Gasteiger partial charge on any atom is -0.441 e. The van der Waals surface area contributed by atoms with Crippen LogP contribution < -0.4 is 5.56 Å². The Balaban J connectivity index is 1.70. The summed E-state index contributed by atoms with van der Waals surface area (Å²) < 4.78 is 9.51. The SMILES string of the molecule is Cc1ccc(-c2nc(Cn3c(=O)cc(C)c4c(C)nn(-c5cccc(Cl)c5C)c43)c(C)o2)cc1. The van der Waals surface area contributed by atoms with E-state index in [1.54, 1.807) is 10.6 Å². The van der Waals surface area contributed by atoms with Crippen molar-refractivity contribution in [3.05, 3.63) is 97.7 Å². The lowest BCUT2D eigenvalue weighted by Gasteiger charge is -2.13. The maximum atomic E-state index is 13.3. The van der Waals surface area contributed by atoms with E-state index in [1.807, 2.05) is 81.8 Å². The average Bonchev–Trinajstić information content (AvgIpc) is 3.33. The first-order valence-electron chi connectivity index (χ1n) is 11.1. The molecule has 2 aromatic carbocycles. The number of nitrogens with zero attached hydrogens (tertiary/aromatic N) is 4. The van der Waals surface area contributed by atoms with Crippen molar-refractivity contribution in [3.8, 4) is 17.1 Å². The van der Waals surface area contributed by atoms with Crippen molar-refractivity contribution in [1.82, 2.24) is 19.3 Å². The highest BCUT2D eigenvalue weighted by Crippen LogP contribution is 2.29. The van der Waals surface area contributed by atoms with Crippen LogP contribution in [-0.2, 0) is 6.54 Å². The molecular weight excluding hydrogens is 448 g/mol. The van der Waals surface area contributed by atoms with Gasteiger partial charge in [-0.1, -0.05) is 35.4 Å². The van der Waals surface area contributed by atoms with Gasteiger partial charge in [-0.05, 0) is 70.0 Å². The summed E-state index contributed by atoms with van der Waals surface area (Å²) in [5, 5.41) is 6.40. The first-order chi connectivity index (χ1) is 16.2. The zero-order chi connectivity index (χ0) is 24.1. The van der Waals surface area contributed by atoms with Crippen LogP contribution in [0.2, 0.25) is 5.02 Å². The Morgan fingerprint density at radius 1 is 1.00 bits per heavy atom. The topological polar surface area (TPSA) is 65.8 Å². The van der Waals surface area contributed by atoms with E-state index in [-0.39, 0.29) is 12.1 Å². The molecule has 0 fully saturated rings. The maximum Gasteiger partial charge on any atom is 0.252 e. The van der Waals surface area contributed by atoms with Gasteiger partial charge in [0.2, 0.25) is 5.89 Å². The second-order valence-electron chi connectivity index (χ2n) is 8.72. The molecule has 172 valence electrons. The van der Waals surface area contributed by atoms with Gasteiger partial charge in [-0.2, -0.15) is 5.10 Å². The number of hydrogen-bond donors (Lipinski definition) is 0. The summed E-state index contributed by atoms with van der Waals surface area (Å²) in [4.78, 5) is 18.0. The van der Waals surface area contributed by atoms with Gasteiger partial charge in [0.05, 0.1) is 17.9 Å². The van der Waals surface area contributed by atoms with E-state index in [0.29, 0.717) is 28.0 Å². The molecule has 0 unspecified atom stereocenters. The summed E-state index contributed by atoms with van der Waals surface area (Å²) >= 11 is 6.41. The summed E-state index contributed by atoms with van der Waals surface area (Å²) in [6, 6.07) is 15.4. The van der Waals surface area contributed by atoms with Gasteiger partial charge in [-0.15, -0.1) is 0 Å². The van der Waals surface area contributed by atoms with E-state index in [1.165, 1.54) is 5.56 Å². The van der Waals surface area contributed by atoms with Crippen LogP contribution in [-0.4, -0.2) is 19.3 Å². The van der Waals surface area contributed by atoms with Crippen molar-refractivity contribution in [2.24, 2.45) is 0 Å². The van der Waals surface area contributed by atoms with Gasteiger partial charge in [0.15, 0.2) is 0 Å². The molecule has 6 nitrogen and oxygen atoms in total. The Hall–Kier alpha value is -3.64. The quantitative estimate of drug-likeness (QED) is 0.317. The molecule has 0 spiro atoms. The molecule has 0 amide bonds. The van der Waals surface area contributed by atoms with Crippen LogP contribution in [0.3, 0.4) is 0 Å². The van der Waals surface area contributed by atoms with Crippen molar-refractivity contribution < 1.29 is 4.42 Å². The third kappa shape index (κ3) is 3.64. The average molecular weight is 473 g/mol. The van der Waals surface area contributed by atoms with Gasteiger partial charge in [0.25, 0.3) is 5.56 Å². The van der Waals surface area contributed by atoms with E-state index in [9.17, 15) is 4.79 Å². The molecule has 0 N–H and O–H groups in total. The largest absolute Gasteiger partial charge is 0.441 e. The molecule has 34 heavy (non-hydrogen) atoms. The predicted molar refractivity (Wildman–Crippen MR) is 135 cm³/mol. The van der Waals surface area contributed by atoms with E-state index in [2.05, 4.69) is 0 Å². The van der Waals surface area contributed by atoms with Crippen molar-refractivity contribution in [1.29, 1.82) is 0 Å². The fraction of sp³-hybridized carbons (Fsp3) is 0.222. The maximum absolute atomic E-state index is 13.3. The van der Waals surface area contributed by atoms with Crippen LogP contribution in [0.1, 0.15) is 33.8 Å². The normalized spacial score (nSPS) is 11.5. The minimum absolute atomic E-state index is 0.120. The molecular formula is C27H25ClN4O2. The molecule has 0 atom stereocenters. The molecule has 5 aromatic rings. The van der Waals surface area contributed by atoms with Crippen molar-refractivity contribution in [2.75, 3.05) is 0 Å². The summed E-state index contributed by atoms with van der Waals surface area (Å²) in [5.41, 5.74) is 6.83. The molecule has 0 bridgehead atoms. The first kappa shape index (κ1) is 22.2. The van der Waals surface area contributed by atoms with Crippen LogP contribution in [0.25, 0.3) is 28.2 Å². The number of fused-ring (bicyclic) bond motifs is 1. The summed E-state index contributed by atoms with van der Waals surface area (Å²) in [6.07, 6.45) is 0. The molecule has 0 saturated heterocycles. The van der Waals surface area contributed by atoms with Crippen molar-refractivity contribution >= 4 is 22.6 Å². The highest BCUT2D eigenvalue weighted by atomic mass is 35.5. The molecule has 0 aliphatic heterocycles. The Morgan fingerprint density at radius 3 is 2.47 bits per heavy atom. The molecule has 0 saturated carbocycles. The standard InChI is InChI=1S/C27H25ClN4O2/c1-15-9-11-20(12-10-15)26-29-22(19(5)34-26)14-31-24(33)13-16(2)25-18(4)30-32(27(25)31)23-8-6-7-21(28)17(23)3/h6-13H,14H2,1-5H3. The number of rotatable bonds is 4. The summed E-state index contributed by atoms with van der Waals surface area (Å²) in [7, 11) is 0. The van der Waals surface area contributed by atoms with Gasteiger partial charge in [-0.25, -0.2) is 9.67 Å². The van der Waals surface area contributed by atoms with Crippen molar-refractivity contribution in [2.45, 2.75) is 41.2 Å². The monoisotopic (exact) mass is 472 g/mol. The number of benzene rings is 2. The lowest BCUT2D eigenvalue weighted by molar-refractivity contribution is 0.537. The Bertz CT molecular complexity index is 1610. The fourth-order valence-electron chi connectivity index (χ4n) is 4.36. The van der Waals surface area contributed by atoms with Crippen LogP contribution in [0.4, 0.5) is 0 Å². The Kier molecular flexibility index (Phi) is 5.41. The molecule has 5 rings (SSSR count). The first-order valence-corrected chi connectivity index (χ1v) is 11.5. The number of aromatic nitrogens is 4. The zero-order valence-corrected chi connectivity index (χ0v) is 20.6. The van der Waals surface area contributed by atoms with E-state index < -0.39 is 0 Å². The second kappa shape index (κ2) is 8.29. The predicted octanol–water partition coefficient (Wildman–Crippen LogP) is 6.09. The van der Waals surface area contributed by atoms with Crippen LogP contribution in [0.15, 0.2) is 57.7 Å². The highest BCUT2D eigenvalue weighted by molar-refractivity contribution is 6.31. The lowest BCUT2D eigenvalue weighted by Crippen LogP contribution is -2.23. The molecule has 3 heterocycles. The third-order valence-corrected chi connectivity index (χ3v) is 6.67. The number of pyridine rings is 1. The smallest absolute Gasteiger partial charge is 0.252 e. The minimum atomic E-state index is -0.120. The van der Waals surface area contributed by atoms with E-state index in [0.717, 1.165) is 33.5 Å². The summed E-state index contributed by atoms with van der Waals surface area (Å²) in [5.74, 6) is 1.22. The molecule has 0 aliphatic rings. The molecule has 7 heteroatoms. The molecule has 0 radical (unpaired) electrons. The van der Waals surface area contributed by atoms with Crippen LogP contribution in [0, 0.1) is 34.6 Å². The third-order valence-electron chi connectivity index (χ3n) is 6.26. The number of oxazole rings is 1. The number of aryl methyl sites for hydroxylation is 4. The van der Waals surface area contributed by atoms with Crippen LogP contribution in [0.5, 0.6) is 0 Å². The van der Waals surface area contributed by atoms with Gasteiger partial charge < -0.3 is 4.42 Å². The van der Waals surface area contributed by atoms with Gasteiger partial charge in [-0.3, -0.25) is 9.36 Å². The van der Waals surface area contributed by atoms with Gasteiger partial charge >= 0.3 is 0 Å². The van der Waals surface area contributed by atoms with Gasteiger partial charge in [0.1, 0.15) is 17.1 Å². The molecule has 0 aliphatic carbocycles. The highest BCUT2D eigenvalue weighted by Gasteiger charge is 2.21. The fourth-order valence-corrected chi connectivity index (χ4v) is 4.53. The van der Waals surface area contributed by atoms with E-state index >= 15 is 0 Å². The zero-order valence-electron chi connectivity index (χ0n) is 19.8. The second-order valence-corrected chi connectivity index (χ2v) is 9.13. The van der Waals surface area contributed by atoms with Crippen molar-refractivity contribution in [3.63, 3.8) is 0 Å². The lowest BCUT2D eigenvalue weighted by atomic mass is 10.1. The Morgan fingerprint density at radius 2 is 1.74 bits per heavy atom.